The van der Waals surface area contributed by atoms with Crippen LogP contribution in [0.5, 0.6) is 0 Å². The minimum atomic E-state index is 0.738. The van der Waals surface area contributed by atoms with Crippen molar-refractivity contribution < 1.29 is 4.74 Å². The zero-order chi connectivity index (χ0) is 12.8. The first-order valence-corrected chi connectivity index (χ1v) is 6.98. The van der Waals surface area contributed by atoms with Gasteiger partial charge in [-0.05, 0) is 25.5 Å². The highest BCUT2D eigenvalue weighted by atomic mass is 32.2. The smallest absolute Gasteiger partial charge is 0.195 e. The maximum Gasteiger partial charge on any atom is 0.195 e. The number of hydrogen-bond donors (Lipinski definition) is 0. The summed E-state index contributed by atoms with van der Waals surface area (Å²) in [4.78, 5) is 0. The summed E-state index contributed by atoms with van der Waals surface area (Å²) in [5.74, 6) is 0.887. The van der Waals surface area contributed by atoms with Crippen molar-refractivity contribution in [2.75, 3.05) is 19.0 Å². The van der Waals surface area contributed by atoms with E-state index in [1.54, 1.807) is 18.1 Å². The first-order valence-electron chi connectivity index (χ1n) is 5.99. The van der Waals surface area contributed by atoms with Crippen molar-refractivity contribution >= 4 is 11.8 Å². The Kier molecular flexibility index (Phi) is 4.78. The van der Waals surface area contributed by atoms with E-state index in [2.05, 4.69) is 29.3 Å². The molecule has 0 aliphatic carbocycles. The maximum absolute atomic E-state index is 5.32. The van der Waals surface area contributed by atoms with Gasteiger partial charge in [-0.25, -0.2) is 0 Å². The number of thioether (sulfide) groups is 1. The van der Waals surface area contributed by atoms with Gasteiger partial charge in [0.25, 0.3) is 0 Å². The predicted octanol–water partition coefficient (Wildman–Crippen LogP) is 2.70. The SMILES string of the molecule is CCOCCSc1nncn1-c1ccccc1C. The van der Waals surface area contributed by atoms with Gasteiger partial charge < -0.3 is 4.74 Å². The van der Waals surface area contributed by atoms with Gasteiger partial charge in [0.1, 0.15) is 6.33 Å². The molecule has 0 spiro atoms. The van der Waals surface area contributed by atoms with Gasteiger partial charge in [-0.1, -0.05) is 30.0 Å². The molecule has 0 radical (unpaired) electrons. The predicted molar refractivity (Wildman–Crippen MR) is 73.3 cm³/mol. The number of aromatic nitrogens is 3. The number of aryl methyl sites for hydroxylation is 1. The summed E-state index contributed by atoms with van der Waals surface area (Å²) in [6, 6.07) is 8.22. The van der Waals surface area contributed by atoms with Gasteiger partial charge in [0.05, 0.1) is 12.3 Å². The van der Waals surface area contributed by atoms with Crippen LogP contribution in [0.25, 0.3) is 5.69 Å². The molecule has 0 saturated carbocycles. The number of rotatable bonds is 6. The third-order valence-electron chi connectivity index (χ3n) is 2.55. The highest BCUT2D eigenvalue weighted by molar-refractivity contribution is 7.99. The Morgan fingerprint density at radius 3 is 2.94 bits per heavy atom. The Morgan fingerprint density at radius 2 is 2.17 bits per heavy atom. The van der Waals surface area contributed by atoms with Crippen LogP contribution in [0, 0.1) is 6.92 Å². The van der Waals surface area contributed by atoms with Gasteiger partial charge in [-0.3, -0.25) is 4.57 Å². The van der Waals surface area contributed by atoms with Gasteiger partial charge in [0, 0.05) is 12.4 Å². The molecule has 96 valence electrons. The van der Waals surface area contributed by atoms with Crippen LogP contribution in [0.2, 0.25) is 0 Å². The number of ether oxygens (including phenoxy) is 1. The fourth-order valence-electron chi connectivity index (χ4n) is 1.66. The monoisotopic (exact) mass is 263 g/mol. The number of para-hydroxylation sites is 1. The molecule has 0 bridgehead atoms. The number of nitrogens with zero attached hydrogens (tertiary/aromatic N) is 3. The highest BCUT2D eigenvalue weighted by Crippen LogP contribution is 2.21. The minimum absolute atomic E-state index is 0.738. The zero-order valence-electron chi connectivity index (χ0n) is 10.7. The standard InChI is InChI=1S/C13H17N3OS/c1-3-17-8-9-18-13-15-14-10-16(13)12-7-5-4-6-11(12)2/h4-7,10H,3,8-9H2,1-2H3. The molecule has 0 saturated heterocycles. The molecule has 2 aromatic rings. The van der Waals surface area contributed by atoms with Crippen molar-refractivity contribution in [1.82, 2.24) is 14.8 Å². The fraction of sp³-hybridized carbons (Fsp3) is 0.385. The van der Waals surface area contributed by atoms with E-state index >= 15 is 0 Å². The van der Waals surface area contributed by atoms with E-state index in [9.17, 15) is 0 Å². The molecular formula is C13H17N3OS. The molecule has 0 aliphatic rings. The molecule has 0 fully saturated rings. The lowest BCUT2D eigenvalue weighted by molar-refractivity contribution is 0.164. The molecule has 18 heavy (non-hydrogen) atoms. The van der Waals surface area contributed by atoms with E-state index in [1.165, 1.54) is 5.56 Å². The maximum atomic E-state index is 5.32. The third kappa shape index (κ3) is 3.11. The van der Waals surface area contributed by atoms with Gasteiger partial charge in [0.2, 0.25) is 0 Å². The molecule has 0 N–H and O–H groups in total. The first kappa shape index (κ1) is 13.1. The summed E-state index contributed by atoms with van der Waals surface area (Å²) in [5.41, 5.74) is 2.34. The van der Waals surface area contributed by atoms with Crippen molar-refractivity contribution in [3.05, 3.63) is 36.2 Å². The van der Waals surface area contributed by atoms with Crippen LogP contribution in [0.3, 0.4) is 0 Å². The quantitative estimate of drug-likeness (QED) is 0.593. The molecule has 0 unspecified atom stereocenters. The molecule has 0 aliphatic heterocycles. The van der Waals surface area contributed by atoms with Crippen molar-refractivity contribution in [3.8, 4) is 5.69 Å². The van der Waals surface area contributed by atoms with Crippen LogP contribution >= 0.6 is 11.8 Å². The van der Waals surface area contributed by atoms with Crippen LogP contribution < -0.4 is 0 Å². The summed E-state index contributed by atoms with van der Waals surface area (Å²) in [6.45, 7) is 5.58. The van der Waals surface area contributed by atoms with Gasteiger partial charge in [-0.15, -0.1) is 10.2 Å². The van der Waals surface area contributed by atoms with E-state index in [0.29, 0.717) is 0 Å². The first-order chi connectivity index (χ1) is 8.83. The van der Waals surface area contributed by atoms with Gasteiger partial charge in [0.15, 0.2) is 5.16 Å². The topological polar surface area (TPSA) is 39.9 Å². The average molecular weight is 263 g/mol. The Bertz CT molecular complexity index is 498. The molecule has 1 aromatic heterocycles. The normalized spacial score (nSPS) is 10.8. The second kappa shape index (κ2) is 6.56. The molecule has 1 aromatic carbocycles. The van der Waals surface area contributed by atoms with Crippen molar-refractivity contribution in [3.63, 3.8) is 0 Å². The lowest BCUT2D eigenvalue weighted by atomic mass is 10.2. The fourth-order valence-corrected chi connectivity index (χ4v) is 2.43. The van der Waals surface area contributed by atoms with Crippen LogP contribution in [0.4, 0.5) is 0 Å². The largest absolute Gasteiger partial charge is 0.381 e. The van der Waals surface area contributed by atoms with E-state index in [1.807, 2.05) is 23.6 Å². The molecular weight excluding hydrogens is 246 g/mol. The lowest BCUT2D eigenvalue weighted by Crippen LogP contribution is -2.00. The molecule has 5 heteroatoms. The van der Waals surface area contributed by atoms with Crippen LogP contribution in [0.1, 0.15) is 12.5 Å². The van der Waals surface area contributed by atoms with E-state index in [-0.39, 0.29) is 0 Å². The second-order valence-corrected chi connectivity index (χ2v) is 4.88. The summed E-state index contributed by atoms with van der Waals surface area (Å²) in [7, 11) is 0. The van der Waals surface area contributed by atoms with Crippen molar-refractivity contribution in [1.29, 1.82) is 0 Å². The number of hydrogen-bond acceptors (Lipinski definition) is 4. The van der Waals surface area contributed by atoms with E-state index in [0.717, 1.165) is 29.8 Å². The third-order valence-corrected chi connectivity index (χ3v) is 3.46. The summed E-state index contributed by atoms with van der Waals surface area (Å²) >= 11 is 1.66. The minimum Gasteiger partial charge on any atom is -0.381 e. The second-order valence-electron chi connectivity index (χ2n) is 3.82. The van der Waals surface area contributed by atoms with Crippen LogP contribution in [-0.2, 0) is 4.74 Å². The molecule has 1 heterocycles. The Morgan fingerprint density at radius 1 is 1.33 bits per heavy atom. The Labute approximate surface area is 111 Å². The lowest BCUT2D eigenvalue weighted by Gasteiger charge is -2.08. The van der Waals surface area contributed by atoms with Crippen molar-refractivity contribution in [2.45, 2.75) is 19.0 Å². The Balaban J connectivity index is 2.10. The molecule has 2 rings (SSSR count). The Hall–Kier alpha value is -1.33. The summed E-state index contributed by atoms with van der Waals surface area (Å²) in [5, 5.41) is 9.05. The average Bonchev–Trinajstić information content (AvgIpc) is 2.83. The summed E-state index contributed by atoms with van der Waals surface area (Å²) < 4.78 is 7.34. The van der Waals surface area contributed by atoms with E-state index < -0.39 is 0 Å². The highest BCUT2D eigenvalue weighted by Gasteiger charge is 2.08. The molecule has 4 nitrogen and oxygen atoms in total. The van der Waals surface area contributed by atoms with Crippen molar-refractivity contribution in [2.24, 2.45) is 0 Å². The van der Waals surface area contributed by atoms with Gasteiger partial charge >= 0.3 is 0 Å². The summed E-state index contributed by atoms with van der Waals surface area (Å²) in [6.07, 6.45) is 1.76. The zero-order valence-corrected chi connectivity index (χ0v) is 11.5. The van der Waals surface area contributed by atoms with E-state index in [4.69, 9.17) is 4.74 Å². The molecule has 0 atom stereocenters. The number of benzene rings is 1. The van der Waals surface area contributed by atoms with Gasteiger partial charge in [-0.2, -0.15) is 0 Å². The van der Waals surface area contributed by atoms with Crippen LogP contribution in [0.15, 0.2) is 35.7 Å². The van der Waals surface area contributed by atoms with Crippen LogP contribution in [-0.4, -0.2) is 33.7 Å². The molecule has 0 amide bonds.